The summed E-state index contributed by atoms with van der Waals surface area (Å²) in [6.45, 7) is 13.8. The molecular formula is C17H33N3O2. The molecule has 22 heavy (non-hydrogen) atoms. The number of carbonyl (C=O) groups is 1. The summed E-state index contributed by atoms with van der Waals surface area (Å²) in [6.07, 6.45) is -0.470. The van der Waals surface area contributed by atoms with Crippen molar-refractivity contribution in [1.29, 1.82) is 0 Å². The smallest absolute Gasteiger partial charge is 0.226 e. The van der Waals surface area contributed by atoms with Gasteiger partial charge in [0.2, 0.25) is 5.91 Å². The standard InChI is InChI=1S/C17H33N3O2/c1-16(2)14(17(16,3)4)15(22)19(6)11-13(21)12-20-9-7-18(5)8-10-20/h13-14,21H,7-12H2,1-6H3/t13-/m0/s1. The number of β-amino-alcohol motifs (C(OH)–C–C–N with tert-alkyl or cyclic N) is 1. The first-order chi connectivity index (χ1) is 10.1. The van der Waals surface area contributed by atoms with Crippen LogP contribution in [0, 0.1) is 16.7 Å². The van der Waals surface area contributed by atoms with Crippen LogP contribution in [-0.4, -0.2) is 85.2 Å². The topological polar surface area (TPSA) is 47.0 Å². The van der Waals surface area contributed by atoms with Crippen LogP contribution in [0.3, 0.4) is 0 Å². The lowest BCUT2D eigenvalue weighted by molar-refractivity contribution is -0.134. The van der Waals surface area contributed by atoms with Crippen molar-refractivity contribution in [2.45, 2.75) is 33.8 Å². The largest absolute Gasteiger partial charge is 0.390 e. The molecule has 1 saturated carbocycles. The molecule has 0 aromatic heterocycles. The van der Waals surface area contributed by atoms with Gasteiger partial charge in [0.05, 0.1) is 6.10 Å². The SMILES string of the molecule is CN1CCN(C[C@@H](O)CN(C)C(=O)C2C(C)(C)C2(C)C)CC1. The van der Waals surface area contributed by atoms with Gasteiger partial charge in [0.15, 0.2) is 0 Å². The zero-order valence-corrected chi connectivity index (χ0v) is 15.1. The number of aliphatic hydroxyl groups excluding tert-OH is 1. The Balaban J connectivity index is 1.79. The van der Waals surface area contributed by atoms with Gasteiger partial charge in [-0.15, -0.1) is 0 Å². The van der Waals surface area contributed by atoms with E-state index in [0.717, 1.165) is 26.2 Å². The normalized spacial score (nSPS) is 26.7. The van der Waals surface area contributed by atoms with E-state index in [4.69, 9.17) is 0 Å². The Morgan fingerprint density at radius 2 is 1.68 bits per heavy atom. The number of amides is 1. The second kappa shape index (κ2) is 6.10. The molecule has 1 amide bonds. The summed E-state index contributed by atoms with van der Waals surface area (Å²) in [5.41, 5.74) is 0.113. The highest BCUT2D eigenvalue weighted by Crippen LogP contribution is 2.68. The number of carbonyl (C=O) groups excluding carboxylic acids is 1. The van der Waals surface area contributed by atoms with Gasteiger partial charge in [-0.05, 0) is 17.9 Å². The molecule has 1 N–H and O–H groups in total. The van der Waals surface area contributed by atoms with E-state index in [-0.39, 0.29) is 22.7 Å². The Hall–Kier alpha value is -0.650. The van der Waals surface area contributed by atoms with Gasteiger partial charge < -0.3 is 14.9 Å². The van der Waals surface area contributed by atoms with Crippen molar-refractivity contribution in [1.82, 2.24) is 14.7 Å². The number of aliphatic hydroxyl groups is 1. The summed E-state index contributed by atoms with van der Waals surface area (Å²) in [5, 5.41) is 10.3. The molecule has 5 heteroatoms. The maximum Gasteiger partial charge on any atom is 0.226 e. The average molecular weight is 311 g/mol. The molecule has 0 unspecified atom stereocenters. The van der Waals surface area contributed by atoms with E-state index in [2.05, 4.69) is 44.5 Å². The Morgan fingerprint density at radius 1 is 1.18 bits per heavy atom. The van der Waals surface area contributed by atoms with Gasteiger partial charge in [-0.2, -0.15) is 0 Å². The lowest BCUT2D eigenvalue weighted by atomic mass is 10.0. The first-order valence-corrected chi connectivity index (χ1v) is 8.41. The minimum atomic E-state index is -0.470. The highest BCUT2D eigenvalue weighted by atomic mass is 16.3. The molecule has 0 aromatic rings. The second-order valence-electron chi connectivity index (χ2n) is 8.35. The molecule has 2 aliphatic rings. The summed E-state index contributed by atoms with van der Waals surface area (Å²) in [6, 6.07) is 0. The van der Waals surface area contributed by atoms with Crippen molar-refractivity contribution in [3.63, 3.8) is 0 Å². The van der Waals surface area contributed by atoms with Crippen LogP contribution in [0.2, 0.25) is 0 Å². The molecule has 1 aliphatic heterocycles. The number of nitrogens with zero attached hydrogens (tertiary/aromatic N) is 3. The van der Waals surface area contributed by atoms with Crippen molar-refractivity contribution < 1.29 is 9.90 Å². The van der Waals surface area contributed by atoms with Gasteiger partial charge in [-0.25, -0.2) is 0 Å². The predicted octanol–water partition coefficient (Wildman–Crippen LogP) is 0.735. The van der Waals surface area contributed by atoms with Crippen molar-refractivity contribution in [2.24, 2.45) is 16.7 Å². The highest BCUT2D eigenvalue weighted by molar-refractivity contribution is 5.84. The van der Waals surface area contributed by atoms with Crippen LogP contribution >= 0.6 is 0 Å². The molecule has 5 nitrogen and oxygen atoms in total. The van der Waals surface area contributed by atoms with Crippen molar-refractivity contribution in [3.8, 4) is 0 Å². The molecule has 2 rings (SSSR count). The Kier molecular flexibility index (Phi) is 4.91. The number of hydrogen-bond acceptors (Lipinski definition) is 4. The third-order valence-corrected chi connectivity index (χ3v) is 6.19. The van der Waals surface area contributed by atoms with Crippen molar-refractivity contribution in [2.75, 3.05) is 53.4 Å². The van der Waals surface area contributed by atoms with Gasteiger partial charge in [-0.1, -0.05) is 27.7 Å². The maximum atomic E-state index is 12.6. The van der Waals surface area contributed by atoms with Crippen LogP contribution in [0.25, 0.3) is 0 Å². The third-order valence-electron chi connectivity index (χ3n) is 6.19. The molecule has 1 heterocycles. The van der Waals surface area contributed by atoms with E-state index in [1.165, 1.54) is 0 Å². The van der Waals surface area contributed by atoms with Crippen LogP contribution in [0.15, 0.2) is 0 Å². The number of hydrogen-bond donors (Lipinski definition) is 1. The molecule has 128 valence electrons. The number of piperazine rings is 1. The number of rotatable bonds is 5. The fourth-order valence-electron chi connectivity index (χ4n) is 3.83. The van der Waals surface area contributed by atoms with Gasteiger partial charge in [-0.3, -0.25) is 9.69 Å². The summed E-state index contributed by atoms with van der Waals surface area (Å²) in [5.74, 6) is 0.244. The summed E-state index contributed by atoms with van der Waals surface area (Å²) in [4.78, 5) is 18.9. The van der Waals surface area contributed by atoms with Gasteiger partial charge in [0.25, 0.3) is 0 Å². The fraction of sp³-hybridized carbons (Fsp3) is 0.941. The monoisotopic (exact) mass is 311 g/mol. The van der Waals surface area contributed by atoms with Gasteiger partial charge in [0, 0.05) is 52.2 Å². The molecule has 0 bridgehead atoms. The molecular weight excluding hydrogens is 278 g/mol. The lowest BCUT2D eigenvalue weighted by Gasteiger charge is -2.34. The van der Waals surface area contributed by atoms with Crippen LogP contribution in [-0.2, 0) is 4.79 Å². The van der Waals surface area contributed by atoms with E-state index in [1.807, 2.05) is 7.05 Å². The van der Waals surface area contributed by atoms with Crippen LogP contribution in [0.4, 0.5) is 0 Å². The number of likely N-dealkylation sites (N-methyl/N-ethyl adjacent to an activating group) is 2. The Morgan fingerprint density at radius 3 is 2.14 bits per heavy atom. The molecule has 2 fully saturated rings. The quantitative estimate of drug-likeness (QED) is 0.813. The Labute approximate surface area is 135 Å². The average Bonchev–Trinajstić information content (AvgIpc) is 2.81. The third kappa shape index (κ3) is 3.31. The summed E-state index contributed by atoms with van der Waals surface area (Å²) >= 11 is 0. The van der Waals surface area contributed by atoms with E-state index in [0.29, 0.717) is 13.1 Å². The van der Waals surface area contributed by atoms with Crippen molar-refractivity contribution in [3.05, 3.63) is 0 Å². The van der Waals surface area contributed by atoms with Gasteiger partial charge in [0.1, 0.15) is 0 Å². The summed E-state index contributed by atoms with van der Waals surface area (Å²) < 4.78 is 0. The lowest BCUT2D eigenvalue weighted by Crippen LogP contribution is -2.49. The fourth-order valence-corrected chi connectivity index (χ4v) is 3.83. The summed E-state index contributed by atoms with van der Waals surface area (Å²) in [7, 11) is 3.94. The minimum absolute atomic E-state index is 0.0563. The van der Waals surface area contributed by atoms with Crippen LogP contribution < -0.4 is 0 Å². The molecule has 0 aromatic carbocycles. The predicted molar refractivity (Wildman–Crippen MR) is 88.6 cm³/mol. The minimum Gasteiger partial charge on any atom is -0.390 e. The van der Waals surface area contributed by atoms with E-state index >= 15 is 0 Å². The maximum absolute atomic E-state index is 12.6. The van der Waals surface area contributed by atoms with Crippen LogP contribution in [0.5, 0.6) is 0 Å². The molecule has 1 atom stereocenters. The first-order valence-electron chi connectivity index (χ1n) is 8.41. The van der Waals surface area contributed by atoms with Crippen LogP contribution in [0.1, 0.15) is 27.7 Å². The van der Waals surface area contributed by atoms with E-state index in [1.54, 1.807) is 4.90 Å². The second-order valence-corrected chi connectivity index (χ2v) is 8.35. The van der Waals surface area contributed by atoms with Crippen molar-refractivity contribution >= 4 is 5.91 Å². The molecule has 1 aliphatic carbocycles. The zero-order valence-electron chi connectivity index (χ0n) is 15.1. The van der Waals surface area contributed by atoms with Gasteiger partial charge >= 0.3 is 0 Å². The Bertz CT molecular complexity index is 400. The zero-order chi connectivity index (χ0) is 16.7. The molecule has 1 saturated heterocycles. The highest BCUT2D eigenvalue weighted by Gasteiger charge is 2.68. The van der Waals surface area contributed by atoms with E-state index in [9.17, 15) is 9.90 Å². The molecule has 0 spiro atoms. The van der Waals surface area contributed by atoms with E-state index < -0.39 is 6.10 Å². The molecule has 0 radical (unpaired) electrons. The first kappa shape index (κ1) is 17.7.